The Hall–Kier alpha value is -3.92. The van der Waals surface area contributed by atoms with E-state index in [1.807, 2.05) is 30.3 Å². The highest BCUT2D eigenvalue weighted by Gasteiger charge is 2.15. The molecule has 4 N–H and O–H groups in total. The highest BCUT2D eigenvalue weighted by Crippen LogP contribution is 2.22. The van der Waals surface area contributed by atoms with Gasteiger partial charge >= 0.3 is 11.7 Å². The van der Waals surface area contributed by atoms with E-state index >= 15 is 0 Å². The van der Waals surface area contributed by atoms with Crippen LogP contribution in [-0.2, 0) is 13.1 Å². The number of hydrogen-bond donors (Lipinski definition) is 3. The fourth-order valence-electron chi connectivity index (χ4n) is 3.42. The molecule has 10 heteroatoms. The Morgan fingerprint density at radius 3 is 2.57 bits per heavy atom. The van der Waals surface area contributed by atoms with Crippen molar-refractivity contribution in [2.24, 2.45) is 0 Å². The molecule has 0 aliphatic carbocycles. The van der Waals surface area contributed by atoms with E-state index in [0.717, 1.165) is 24.9 Å². The SMILES string of the molecule is CCCCOc1nc(N)c2[nH]c(=O)n(Cc3ccc(Oc4ccc(CNC(C)C)cc4)nc3)c2n1. The Balaban J connectivity index is 1.46. The number of rotatable bonds is 11. The monoisotopic (exact) mass is 477 g/mol. The van der Waals surface area contributed by atoms with E-state index in [1.165, 1.54) is 10.1 Å². The lowest BCUT2D eigenvalue weighted by atomic mass is 10.2. The number of unbranched alkanes of at least 4 members (excludes halogenated alkanes) is 1. The van der Waals surface area contributed by atoms with Crippen molar-refractivity contribution < 1.29 is 9.47 Å². The van der Waals surface area contributed by atoms with Crippen LogP contribution in [0.1, 0.15) is 44.7 Å². The summed E-state index contributed by atoms with van der Waals surface area (Å²) >= 11 is 0. The van der Waals surface area contributed by atoms with Crippen LogP contribution >= 0.6 is 0 Å². The van der Waals surface area contributed by atoms with Gasteiger partial charge in [-0.1, -0.05) is 45.4 Å². The van der Waals surface area contributed by atoms with Gasteiger partial charge in [-0.25, -0.2) is 9.78 Å². The summed E-state index contributed by atoms with van der Waals surface area (Å²) in [6, 6.07) is 12.1. The number of benzene rings is 1. The van der Waals surface area contributed by atoms with E-state index in [9.17, 15) is 4.79 Å². The zero-order chi connectivity index (χ0) is 24.8. The van der Waals surface area contributed by atoms with E-state index in [4.69, 9.17) is 15.2 Å². The number of hydrogen-bond acceptors (Lipinski definition) is 8. The molecule has 3 aromatic heterocycles. The first-order valence-electron chi connectivity index (χ1n) is 11.8. The Labute approximate surface area is 203 Å². The molecule has 0 aliphatic rings. The lowest BCUT2D eigenvalue weighted by Gasteiger charge is -2.10. The standard InChI is InChI=1S/C25H31N7O3/c1-4-5-12-34-24-30-22(26)21-23(31-24)32(25(33)29-21)15-18-8-11-20(28-14-18)35-19-9-6-17(7-10-19)13-27-16(2)3/h6-11,14,16,27H,4-5,12-13,15H2,1-3H3,(H,29,33)(H2,26,30,31). The predicted molar refractivity (Wildman–Crippen MR) is 135 cm³/mol. The van der Waals surface area contributed by atoms with Gasteiger partial charge in [0.1, 0.15) is 11.3 Å². The van der Waals surface area contributed by atoms with Crippen LogP contribution in [0, 0.1) is 0 Å². The van der Waals surface area contributed by atoms with Crippen molar-refractivity contribution in [3.63, 3.8) is 0 Å². The molecular formula is C25H31N7O3. The number of pyridine rings is 1. The zero-order valence-electron chi connectivity index (χ0n) is 20.2. The number of aromatic nitrogens is 5. The maximum Gasteiger partial charge on any atom is 0.328 e. The minimum Gasteiger partial charge on any atom is -0.463 e. The largest absolute Gasteiger partial charge is 0.463 e. The van der Waals surface area contributed by atoms with Crippen LogP contribution in [0.2, 0.25) is 0 Å². The van der Waals surface area contributed by atoms with Crippen LogP contribution in [-0.4, -0.2) is 37.2 Å². The van der Waals surface area contributed by atoms with Gasteiger partial charge in [0.25, 0.3) is 0 Å². The van der Waals surface area contributed by atoms with Crippen molar-refractivity contribution in [3.05, 3.63) is 64.2 Å². The molecule has 0 amide bonds. The molecule has 1 aromatic carbocycles. The Kier molecular flexibility index (Phi) is 7.61. The summed E-state index contributed by atoms with van der Waals surface area (Å²) in [5.74, 6) is 1.34. The normalized spacial score (nSPS) is 11.3. The number of nitrogens with zero attached hydrogens (tertiary/aromatic N) is 4. The average molecular weight is 478 g/mol. The van der Waals surface area contributed by atoms with Gasteiger partial charge < -0.3 is 25.5 Å². The average Bonchev–Trinajstić information content (AvgIpc) is 3.15. The molecule has 10 nitrogen and oxygen atoms in total. The molecule has 0 saturated heterocycles. The van der Waals surface area contributed by atoms with Crippen LogP contribution < -0.4 is 26.2 Å². The molecule has 184 valence electrons. The van der Waals surface area contributed by atoms with Crippen molar-refractivity contribution in [1.82, 2.24) is 29.8 Å². The zero-order valence-corrected chi connectivity index (χ0v) is 20.2. The minimum absolute atomic E-state index is 0.157. The summed E-state index contributed by atoms with van der Waals surface area (Å²) in [4.78, 5) is 28.2. The first-order valence-corrected chi connectivity index (χ1v) is 11.8. The molecule has 35 heavy (non-hydrogen) atoms. The third-order valence-electron chi connectivity index (χ3n) is 5.36. The number of ether oxygens (including phenoxy) is 2. The molecule has 4 rings (SSSR count). The molecule has 0 radical (unpaired) electrons. The first kappa shape index (κ1) is 24.2. The van der Waals surface area contributed by atoms with Crippen LogP contribution in [0.5, 0.6) is 17.6 Å². The lowest BCUT2D eigenvalue weighted by molar-refractivity contribution is 0.286. The van der Waals surface area contributed by atoms with E-state index in [1.54, 1.807) is 12.3 Å². The number of fused-ring (bicyclic) bond motifs is 1. The Morgan fingerprint density at radius 1 is 1.11 bits per heavy atom. The number of H-pyrrole nitrogens is 1. The third kappa shape index (κ3) is 6.15. The Morgan fingerprint density at radius 2 is 1.89 bits per heavy atom. The van der Waals surface area contributed by atoms with E-state index in [0.29, 0.717) is 35.4 Å². The van der Waals surface area contributed by atoms with Gasteiger partial charge in [-0.3, -0.25) is 4.57 Å². The lowest BCUT2D eigenvalue weighted by Crippen LogP contribution is -2.21. The summed E-state index contributed by atoms with van der Waals surface area (Å²) in [5.41, 5.74) is 8.45. The third-order valence-corrected chi connectivity index (χ3v) is 5.36. The Bertz CT molecular complexity index is 1310. The number of nitrogens with two attached hydrogens (primary N) is 1. The second-order valence-corrected chi connectivity index (χ2v) is 8.59. The van der Waals surface area contributed by atoms with Gasteiger partial charge in [-0.2, -0.15) is 9.97 Å². The van der Waals surface area contributed by atoms with Crippen molar-refractivity contribution in [3.8, 4) is 17.6 Å². The van der Waals surface area contributed by atoms with Gasteiger partial charge in [0, 0.05) is 24.8 Å². The number of nitrogen functional groups attached to an aromatic ring is 1. The van der Waals surface area contributed by atoms with Gasteiger partial charge in [-0.15, -0.1) is 0 Å². The fourth-order valence-corrected chi connectivity index (χ4v) is 3.42. The van der Waals surface area contributed by atoms with Crippen LogP contribution in [0.25, 0.3) is 11.2 Å². The molecule has 0 aliphatic heterocycles. The van der Waals surface area contributed by atoms with Crippen molar-refractivity contribution in [1.29, 1.82) is 0 Å². The molecule has 0 spiro atoms. The number of nitrogens with one attached hydrogen (secondary N) is 2. The van der Waals surface area contributed by atoms with Crippen LogP contribution in [0.15, 0.2) is 47.4 Å². The summed E-state index contributed by atoms with van der Waals surface area (Å²) < 4.78 is 12.9. The molecule has 0 atom stereocenters. The smallest absolute Gasteiger partial charge is 0.328 e. The second-order valence-electron chi connectivity index (χ2n) is 8.59. The maximum absolute atomic E-state index is 12.6. The summed E-state index contributed by atoms with van der Waals surface area (Å²) in [6.45, 7) is 7.85. The molecule has 0 bridgehead atoms. The van der Waals surface area contributed by atoms with Gasteiger partial charge in [-0.05, 0) is 29.7 Å². The van der Waals surface area contributed by atoms with Crippen LogP contribution in [0.3, 0.4) is 0 Å². The first-order chi connectivity index (χ1) is 16.9. The summed E-state index contributed by atoms with van der Waals surface area (Å²) in [6.07, 6.45) is 3.53. The highest BCUT2D eigenvalue weighted by molar-refractivity contribution is 5.81. The van der Waals surface area contributed by atoms with Crippen molar-refractivity contribution in [2.75, 3.05) is 12.3 Å². The fraction of sp³-hybridized carbons (Fsp3) is 0.360. The number of anilines is 1. The molecule has 4 aromatic rings. The second kappa shape index (κ2) is 11.0. The summed E-state index contributed by atoms with van der Waals surface area (Å²) in [7, 11) is 0. The quantitative estimate of drug-likeness (QED) is 0.279. The van der Waals surface area contributed by atoms with E-state index < -0.39 is 0 Å². The van der Waals surface area contributed by atoms with Gasteiger partial charge in [0.05, 0.1) is 13.2 Å². The van der Waals surface area contributed by atoms with Crippen LogP contribution in [0.4, 0.5) is 5.82 Å². The summed E-state index contributed by atoms with van der Waals surface area (Å²) in [5, 5.41) is 3.39. The van der Waals surface area contributed by atoms with Crippen molar-refractivity contribution >= 4 is 17.0 Å². The minimum atomic E-state index is -0.334. The maximum atomic E-state index is 12.6. The predicted octanol–water partition coefficient (Wildman–Crippen LogP) is 3.61. The topological polar surface area (TPSA) is 133 Å². The number of aromatic amines is 1. The highest BCUT2D eigenvalue weighted by atomic mass is 16.5. The van der Waals surface area contributed by atoms with E-state index in [2.05, 4.69) is 46.0 Å². The molecule has 0 unspecified atom stereocenters. The van der Waals surface area contributed by atoms with Gasteiger partial charge in [0.2, 0.25) is 5.88 Å². The van der Waals surface area contributed by atoms with E-state index in [-0.39, 0.29) is 24.1 Å². The van der Waals surface area contributed by atoms with Crippen molar-refractivity contribution in [2.45, 2.75) is 52.7 Å². The molecule has 3 heterocycles. The number of imidazole rings is 1. The molecule has 0 saturated carbocycles. The van der Waals surface area contributed by atoms with Gasteiger partial charge in [0.15, 0.2) is 11.5 Å². The molecular weight excluding hydrogens is 446 g/mol. The molecule has 0 fully saturated rings.